The second-order valence-corrected chi connectivity index (χ2v) is 10.9. The van der Waals surface area contributed by atoms with E-state index in [1.807, 2.05) is 38.2 Å². The van der Waals surface area contributed by atoms with Gasteiger partial charge in [-0.1, -0.05) is 31.2 Å². The Morgan fingerprint density at radius 3 is 2.32 bits per heavy atom. The SMILES string of the molecule is CCCN1CC=C[C@]2(C)O[C@]34C=CCN(CCN5CCOCC5)C(=O)C3N(CCCO)C(=O)[C@@H]4[C@@H]2C1=O. The first-order chi connectivity index (χ1) is 17.9. The van der Waals surface area contributed by atoms with Crippen molar-refractivity contribution < 1.29 is 29.0 Å². The number of hydrogen-bond acceptors (Lipinski definition) is 7. The summed E-state index contributed by atoms with van der Waals surface area (Å²) in [7, 11) is 0. The van der Waals surface area contributed by atoms with Crippen molar-refractivity contribution in [3.05, 3.63) is 24.3 Å². The molecular weight excluding hydrogens is 476 g/mol. The lowest BCUT2D eigenvalue weighted by Gasteiger charge is -2.38. The van der Waals surface area contributed by atoms with Crippen LogP contribution >= 0.6 is 0 Å². The van der Waals surface area contributed by atoms with Gasteiger partial charge in [0.15, 0.2) is 0 Å². The molecule has 0 aromatic carbocycles. The summed E-state index contributed by atoms with van der Waals surface area (Å²) in [6, 6.07) is -0.871. The lowest BCUT2D eigenvalue weighted by atomic mass is 9.74. The Bertz CT molecular complexity index is 965. The molecule has 1 unspecified atom stereocenters. The van der Waals surface area contributed by atoms with Crippen LogP contribution in [-0.2, 0) is 23.9 Å². The zero-order valence-corrected chi connectivity index (χ0v) is 22.0. The van der Waals surface area contributed by atoms with Gasteiger partial charge in [0.2, 0.25) is 17.7 Å². The Morgan fingerprint density at radius 1 is 0.919 bits per heavy atom. The van der Waals surface area contributed by atoms with Crippen molar-refractivity contribution in [1.82, 2.24) is 19.6 Å². The van der Waals surface area contributed by atoms with Crippen LogP contribution in [0.15, 0.2) is 24.3 Å². The zero-order chi connectivity index (χ0) is 26.2. The first-order valence-electron chi connectivity index (χ1n) is 13.7. The van der Waals surface area contributed by atoms with Crippen LogP contribution in [0.2, 0.25) is 0 Å². The zero-order valence-electron chi connectivity index (χ0n) is 22.0. The number of aliphatic hydroxyl groups is 1. The Labute approximate surface area is 218 Å². The van der Waals surface area contributed by atoms with Crippen LogP contribution in [0.25, 0.3) is 0 Å². The van der Waals surface area contributed by atoms with Crippen molar-refractivity contribution in [2.45, 2.75) is 43.9 Å². The first kappa shape index (κ1) is 26.3. The molecule has 204 valence electrons. The van der Waals surface area contributed by atoms with E-state index in [1.165, 1.54) is 0 Å². The Kier molecular flexibility index (Phi) is 7.46. The highest BCUT2D eigenvalue weighted by atomic mass is 16.5. The van der Waals surface area contributed by atoms with Gasteiger partial charge in [-0.3, -0.25) is 19.3 Å². The molecule has 5 aliphatic heterocycles. The van der Waals surface area contributed by atoms with Gasteiger partial charge in [-0.25, -0.2) is 0 Å². The molecule has 5 aliphatic rings. The van der Waals surface area contributed by atoms with Crippen LogP contribution in [0.3, 0.4) is 0 Å². The van der Waals surface area contributed by atoms with E-state index in [0.29, 0.717) is 45.8 Å². The molecule has 1 N–H and O–H groups in total. The van der Waals surface area contributed by atoms with E-state index in [9.17, 15) is 19.5 Å². The van der Waals surface area contributed by atoms with E-state index in [4.69, 9.17) is 9.47 Å². The summed E-state index contributed by atoms with van der Waals surface area (Å²) >= 11 is 0. The fourth-order valence-corrected chi connectivity index (χ4v) is 6.86. The minimum absolute atomic E-state index is 0.0904. The average molecular weight is 517 g/mol. The van der Waals surface area contributed by atoms with Gasteiger partial charge < -0.3 is 29.3 Å². The van der Waals surface area contributed by atoms with Crippen molar-refractivity contribution in [2.24, 2.45) is 11.8 Å². The number of likely N-dealkylation sites (tertiary alicyclic amines) is 1. The minimum atomic E-state index is -1.23. The first-order valence-corrected chi connectivity index (χ1v) is 13.7. The average Bonchev–Trinajstić information content (AvgIpc) is 3.16. The van der Waals surface area contributed by atoms with Gasteiger partial charge in [0.05, 0.1) is 30.7 Å². The van der Waals surface area contributed by atoms with Gasteiger partial charge in [0.1, 0.15) is 11.6 Å². The number of carbonyl (C=O) groups excluding carboxylic acids is 3. The number of aliphatic hydroxyl groups excluding tert-OH is 1. The predicted octanol–water partition coefficient (Wildman–Crippen LogP) is -0.121. The largest absolute Gasteiger partial charge is 0.396 e. The van der Waals surface area contributed by atoms with Gasteiger partial charge in [-0.15, -0.1) is 0 Å². The Morgan fingerprint density at radius 2 is 1.62 bits per heavy atom. The summed E-state index contributed by atoms with van der Waals surface area (Å²) in [5.41, 5.74) is -2.22. The highest BCUT2D eigenvalue weighted by Gasteiger charge is 2.74. The van der Waals surface area contributed by atoms with Gasteiger partial charge in [0.25, 0.3) is 0 Å². The summed E-state index contributed by atoms with van der Waals surface area (Å²) in [5, 5.41) is 9.55. The number of carbonyl (C=O) groups is 3. The minimum Gasteiger partial charge on any atom is -0.396 e. The van der Waals surface area contributed by atoms with E-state index in [0.717, 1.165) is 26.1 Å². The summed E-state index contributed by atoms with van der Waals surface area (Å²) < 4.78 is 12.2. The van der Waals surface area contributed by atoms with Crippen molar-refractivity contribution in [3.63, 3.8) is 0 Å². The van der Waals surface area contributed by atoms with Crippen LogP contribution in [-0.4, -0.2) is 132 Å². The number of morpholine rings is 1. The van der Waals surface area contributed by atoms with Crippen LogP contribution in [0.4, 0.5) is 0 Å². The summed E-state index contributed by atoms with van der Waals surface area (Å²) in [4.78, 5) is 49.6. The molecule has 5 rings (SSSR count). The molecule has 0 aromatic rings. The highest BCUT2D eigenvalue weighted by molar-refractivity contribution is 6.00. The molecule has 0 aromatic heterocycles. The molecule has 0 aliphatic carbocycles. The van der Waals surface area contributed by atoms with Crippen molar-refractivity contribution in [3.8, 4) is 0 Å². The van der Waals surface area contributed by atoms with Gasteiger partial charge >= 0.3 is 0 Å². The molecule has 0 saturated carbocycles. The molecule has 0 bridgehead atoms. The summed E-state index contributed by atoms with van der Waals surface area (Å²) in [5.74, 6) is -2.00. The molecule has 10 nitrogen and oxygen atoms in total. The maximum atomic E-state index is 14.2. The van der Waals surface area contributed by atoms with E-state index in [1.54, 1.807) is 14.7 Å². The number of ether oxygens (including phenoxy) is 2. The number of hydrogen-bond donors (Lipinski definition) is 1. The summed E-state index contributed by atoms with van der Waals surface area (Å²) in [6.07, 6.45) is 8.85. The normalized spacial score (nSPS) is 36.0. The standard InChI is InChI=1S/C27H40N4O6/c1-3-9-29-10-4-7-26(2)20(23(29)33)21-24(34)31(12-6-17-32)22-25(35)30(11-5-8-27(21,22)37-26)14-13-28-15-18-36-19-16-28/h4-5,7-8,20-22,32H,3,6,9-19H2,1-2H3/t20-,21+,22?,26+,27+/m1/s1. The topological polar surface area (TPSA) is 103 Å². The molecule has 3 saturated heterocycles. The van der Waals surface area contributed by atoms with Crippen molar-refractivity contribution in [2.75, 3.05) is 72.2 Å². The van der Waals surface area contributed by atoms with Crippen LogP contribution in [0.1, 0.15) is 26.7 Å². The van der Waals surface area contributed by atoms with E-state index < -0.39 is 29.1 Å². The molecule has 10 heteroatoms. The van der Waals surface area contributed by atoms with E-state index in [-0.39, 0.29) is 30.9 Å². The fourth-order valence-electron chi connectivity index (χ4n) is 6.86. The second kappa shape index (κ2) is 10.5. The molecule has 3 fully saturated rings. The summed E-state index contributed by atoms with van der Waals surface area (Å²) in [6.45, 7) is 9.87. The molecule has 3 amide bonds. The number of fused-ring (bicyclic) bond motifs is 2. The maximum Gasteiger partial charge on any atom is 0.249 e. The van der Waals surface area contributed by atoms with E-state index in [2.05, 4.69) is 4.90 Å². The lowest BCUT2D eigenvalue weighted by Crippen LogP contribution is -2.56. The lowest BCUT2D eigenvalue weighted by molar-refractivity contribution is -0.153. The van der Waals surface area contributed by atoms with Crippen molar-refractivity contribution >= 4 is 17.7 Å². The van der Waals surface area contributed by atoms with Crippen LogP contribution in [0.5, 0.6) is 0 Å². The highest BCUT2D eigenvalue weighted by Crippen LogP contribution is 2.57. The molecular formula is C27H40N4O6. The number of amides is 3. The Hall–Kier alpha value is -2.27. The number of rotatable bonds is 8. The fraction of sp³-hybridized carbons (Fsp3) is 0.741. The third-order valence-electron chi connectivity index (χ3n) is 8.56. The third kappa shape index (κ3) is 4.41. The quantitative estimate of drug-likeness (QED) is 0.449. The van der Waals surface area contributed by atoms with Gasteiger partial charge in [-0.05, 0) is 19.8 Å². The Balaban J connectivity index is 1.49. The second-order valence-electron chi connectivity index (χ2n) is 10.9. The smallest absolute Gasteiger partial charge is 0.249 e. The monoisotopic (exact) mass is 516 g/mol. The molecule has 1 spiro atoms. The van der Waals surface area contributed by atoms with E-state index >= 15 is 0 Å². The van der Waals surface area contributed by atoms with Crippen molar-refractivity contribution in [1.29, 1.82) is 0 Å². The van der Waals surface area contributed by atoms with Crippen LogP contribution < -0.4 is 0 Å². The molecule has 37 heavy (non-hydrogen) atoms. The molecule has 5 heterocycles. The predicted molar refractivity (Wildman–Crippen MR) is 135 cm³/mol. The van der Waals surface area contributed by atoms with Gasteiger partial charge in [0, 0.05) is 59.0 Å². The van der Waals surface area contributed by atoms with Gasteiger partial charge in [-0.2, -0.15) is 0 Å². The third-order valence-corrected chi connectivity index (χ3v) is 8.56. The maximum absolute atomic E-state index is 14.2. The molecule has 5 atom stereocenters. The number of nitrogens with zero attached hydrogens (tertiary/aromatic N) is 4. The van der Waals surface area contributed by atoms with Crippen LogP contribution in [0, 0.1) is 11.8 Å². The molecule has 0 radical (unpaired) electrons.